The van der Waals surface area contributed by atoms with Crippen LogP contribution < -0.4 is 0 Å². The van der Waals surface area contributed by atoms with E-state index in [0.717, 1.165) is 24.0 Å². The molecule has 1 aliphatic rings. The maximum absolute atomic E-state index is 11.9. The van der Waals surface area contributed by atoms with Crippen LogP contribution in [0.1, 0.15) is 26.7 Å². The van der Waals surface area contributed by atoms with E-state index in [4.69, 9.17) is 4.74 Å². The summed E-state index contributed by atoms with van der Waals surface area (Å²) in [6.07, 6.45) is 16.7. The zero-order valence-electron chi connectivity index (χ0n) is 12.8. The number of ether oxygens (including phenoxy) is 1. The van der Waals surface area contributed by atoms with Gasteiger partial charge in [0.2, 0.25) is 0 Å². The Hall–Kier alpha value is -2.35. The summed E-state index contributed by atoms with van der Waals surface area (Å²) in [6.45, 7) is 11.5. The molecule has 1 heterocycles. The van der Waals surface area contributed by atoms with Crippen molar-refractivity contribution in [3.63, 3.8) is 0 Å². The van der Waals surface area contributed by atoms with Gasteiger partial charge in [-0.1, -0.05) is 63.5 Å². The van der Waals surface area contributed by atoms with Gasteiger partial charge in [-0.2, -0.15) is 0 Å². The summed E-state index contributed by atoms with van der Waals surface area (Å²) in [5.41, 5.74) is 2.30. The Kier molecular flexibility index (Phi) is 6.96. The van der Waals surface area contributed by atoms with E-state index in [2.05, 4.69) is 39.2 Å². The number of cyclic esters (lactones) is 1. The number of esters is 1. The van der Waals surface area contributed by atoms with Gasteiger partial charge in [-0.25, -0.2) is 4.79 Å². The van der Waals surface area contributed by atoms with Crippen LogP contribution in [0.5, 0.6) is 0 Å². The van der Waals surface area contributed by atoms with Crippen molar-refractivity contribution in [3.8, 4) is 0 Å². The molecular weight excluding hydrogens is 260 g/mol. The molecule has 0 aromatic carbocycles. The monoisotopic (exact) mass is 282 g/mol. The molecule has 110 valence electrons. The molecular formula is C19H22O2. The lowest BCUT2D eigenvalue weighted by molar-refractivity contribution is -0.132. The highest BCUT2D eigenvalue weighted by Crippen LogP contribution is 2.25. The van der Waals surface area contributed by atoms with E-state index in [1.165, 1.54) is 0 Å². The van der Waals surface area contributed by atoms with E-state index in [1.54, 1.807) is 24.3 Å². The molecule has 0 radical (unpaired) electrons. The molecule has 0 saturated heterocycles. The average molecular weight is 282 g/mol. The Morgan fingerprint density at radius 1 is 1.29 bits per heavy atom. The second kappa shape index (κ2) is 8.75. The van der Waals surface area contributed by atoms with E-state index in [-0.39, 0.29) is 5.97 Å². The van der Waals surface area contributed by atoms with Gasteiger partial charge in [-0.15, -0.1) is 0 Å². The topological polar surface area (TPSA) is 26.3 Å². The van der Waals surface area contributed by atoms with Crippen molar-refractivity contribution in [1.29, 1.82) is 0 Å². The van der Waals surface area contributed by atoms with Crippen LogP contribution in [-0.4, -0.2) is 5.97 Å². The second-order valence-electron chi connectivity index (χ2n) is 4.48. The van der Waals surface area contributed by atoms with E-state index in [0.29, 0.717) is 11.3 Å². The highest BCUT2D eigenvalue weighted by molar-refractivity contribution is 5.96. The lowest BCUT2D eigenvalue weighted by Gasteiger charge is -2.00. The number of hydrogen-bond donors (Lipinski definition) is 0. The summed E-state index contributed by atoms with van der Waals surface area (Å²) in [4.78, 5) is 11.9. The van der Waals surface area contributed by atoms with Gasteiger partial charge in [0.25, 0.3) is 0 Å². The third kappa shape index (κ3) is 4.92. The molecule has 0 aromatic heterocycles. The number of rotatable bonds is 7. The molecule has 0 N–H and O–H groups in total. The van der Waals surface area contributed by atoms with Crippen LogP contribution in [-0.2, 0) is 9.53 Å². The molecule has 2 heteroatoms. The minimum atomic E-state index is -0.339. The first-order chi connectivity index (χ1) is 10.2. The standard InChI is InChI=1S/C19H22O2/c1-5-9-12-15(10-6-2)13-17-14-18(21-19(17)20)16(8-4)11-7-3/h7-14H,3-6H2,1-2H3/b12-9-,15-10+,16-11+,17-13-. The molecule has 0 unspecified atom stereocenters. The molecule has 0 saturated carbocycles. The molecule has 0 bridgehead atoms. The molecule has 1 aliphatic heterocycles. The number of carbonyl (C=O) groups excluding carboxylic acids is 1. The number of allylic oxidation sites excluding steroid dienone is 8. The molecule has 1 rings (SSSR count). The lowest BCUT2D eigenvalue weighted by Crippen LogP contribution is -1.98. The highest BCUT2D eigenvalue weighted by atomic mass is 16.5. The van der Waals surface area contributed by atoms with Gasteiger partial charge in [0.1, 0.15) is 5.76 Å². The maximum Gasteiger partial charge on any atom is 0.343 e. The molecule has 21 heavy (non-hydrogen) atoms. The largest absolute Gasteiger partial charge is 0.422 e. The molecule has 0 atom stereocenters. The van der Waals surface area contributed by atoms with E-state index in [9.17, 15) is 4.79 Å². The van der Waals surface area contributed by atoms with Crippen molar-refractivity contribution in [2.45, 2.75) is 26.7 Å². The van der Waals surface area contributed by atoms with Crippen molar-refractivity contribution in [3.05, 3.63) is 84.2 Å². The third-order valence-electron chi connectivity index (χ3n) is 2.83. The van der Waals surface area contributed by atoms with Crippen LogP contribution in [0, 0.1) is 0 Å². The third-order valence-corrected chi connectivity index (χ3v) is 2.83. The Labute approximate surface area is 127 Å². The van der Waals surface area contributed by atoms with Crippen molar-refractivity contribution in [2.24, 2.45) is 0 Å². The summed E-state index contributed by atoms with van der Waals surface area (Å²) in [6, 6.07) is 0. The zero-order valence-corrected chi connectivity index (χ0v) is 12.8. The van der Waals surface area contributed by atoms with Gasteiger partial charge in [0, 0.05) is 5.57 Å². The van der Waals surface area contributed by atoms with Gasteiger partial charge in [0.05, 0.1) is 5.57 Å². The van der Waals surface area contributed by atoms with Crippen LogP contribution >= 0.6 is 0 Å². The summed E-state index contributed by atoms with van der Waals surface area (Å²) >= 11 is 0. The van der Waals surface area contributed by atoms with Crippen LogP contribution in [0.4, 0.5) is 0 Å². The summed E-state index contributed by atoms with van der Waals surface area (Å²) in [5.74, 6) is 0.171. The zero-order chi connectivity index (χ0) is 15.7. The minimum Gasteiger partial charge on any atom is -0.422 e. The molecule has 0 fully saturated rings. The summed E-state index contributed by atoms with van der Waals surface area (Å²) < 4.78 is 5.28. The molecule has 2 nitrogen and oxygen atoms in total. The highest BCUT2D eigenvalue weighted by Gasteiger charge is 2.22. The minimum absolute atomic E-state index is 0.339. The fraction of sp³-hybridized carbons (Fsp3) is 0.211. The Morgan fingerprint density at radius 3 is 2.62 bits per heavy atom. The Morgan fingerprint density at radius 2 is 2.05 bits per heavy atom. The fourth-order valence-electron chi connectivity index (χ4n) is 1.85. The predicted molar refractivity (Wildman–Crippen MR) is 88.5 cm³/mol. The Bertz CT molecular complexity index is 566. The van der Waals surface area contributed by atoms with Gasteiger partial charge < -0.3 is 4.74 Å². The van der Waals surface area contributed by atoms with Crippen molar-refractivity contribution >= 4 is 5.97 Å². The van der Waals surface area contributed by atoms with E-state index >= 15 is 0 Å². The summed E-state index contributed by atoms with van der Waals surface area (Å²) in [5, 5.41) is 0. The van der Waals surface area contributed by atoms with E-state index < -0.39 is 0 Å². The first kappa shape index (κ1) is 16.7. The predicted octanol–water partition coefficient (Wildman–Crippen LogP) is 4.95. The van der Waals surface area contributed by atoms with Crippen LogP contribution in [0.15, 0.2) is 84.2 Å². The van der Waals surface area contributed by atoms with Crippen molar-refractivity contribution in [2.75, 3.05) is 0 Å². The molecule has 0 spiro atoms. The average Bonchev–Trinajstić information content (AvgIpc) is 2.83. The van der Waals surface area contributed by atoms with Crippen LogP contribution in [0.3, 0.4) is 0 Å². The van der Waals surface area contributed by atoms with Gasteiger partial charge in [-0.3, -0.25) is 0 Å². The van der Waals surface area contributed by atoms with Gasteiger partial charge in [0.15, 0.2) is 0 Å². The maximum atomic E-state index is 11.9. The lowest BCUT2D eigenvalue weighted by atomic mass is 10.1. The first-order valence-corrected chi connectivity index (χ1v) is 7.14. The van der Waals surface area contributed by atoms with Gasteiger partial charge >= 0.3 is 5.97 Å². The molecule has 0 aliphatic carbocycles. The quantitative estimate of drug-likeness (QED) is 0.375. The summed E-state index contributed by atoms with van der Waals surface area (Å²) in [7, 11) is 0. The van der Waals surface area contributed by atoms with Crippen molar-refractivity contribution in [1.82, 2.24) is 0 Å². The van der Waals surface area contributed by atoms with Crippen LogP contribution in [0.25, 0.3) is 0 Å². The number of hydrogen-bond acceptors (Lipinski definition) is 2. The second-order valence-corrected chi connectivity index (χ2v) is 4.48. The Balaban J connectivity index is 3.11. The normalized spacial score (nSPS) is 18.1. The first-order valence-electron chi connectivity index (χ1n) is 7.14. The number of carbonyl (C=O) groups is 1. The van der Waals surface area contributed by atoms with E-state index in [1.807, 2.05) is 12.2 Å². The SMILES string of the molecule is C=C/C=C(\C=C)C1=C/C(=C/C(/C=C\CC)=C/CC)C(=O)O1. The molecule has 0 amide bonds. The fourth-order valence-corrected chi connectivity index (χ4v) is 1.85. The van der Waals surface area contributed by atoms with Gasteiger partial charge in [-0.05, 0) is 30.6 Å². The van der Waals surface area contributed by atoms with Crippen LogP contribution in [0.2, 0.25) is 0 Å². The van der Waals surface area contributed by atoms with Crippen molar-refractivity contribution < 1.29 is 9.53 Å². The smallest absolute Gasteiger partial charge is 0.343 e. The molecule has 0 aromatic rings.